The molecule has 3 rings (SSSR count). The zero-order valence-corrected chi connectivity index (χ0v) is 10.6. The molecule has 0 radical (unpaired) electrons. The SMILES string of the molecule is O=C(Nc1ccccc1F)[C@H]1[C@H](C(=O)O)[C@H]2C=C[C@@H]1C2. The lowest BCUT2D eigenvalue weighted by Crippen LogP contribution is -2.36. The summed E-state index contributed by atoms with van der Waals surface area (Å²) in [7, 11) is 0. The van der Waals surface area contributed by atoms with Gasteiger partial charge in [0.1, 0.15) is 5.82 Å². The highest BCUT2D eigenvalue weighted by Crippen LogP contribution is 2.48. The van der Waals surface area contributed by atoms with E-state index in [1.54, 1.807) is 6.07 Å². The third kappa shape index (κ3) is 1.99. The van der Waals surface area contributed by atoms with Gasteiger partial charge in [-0.25, -0.2) is 4.39 Å². The number of allylic oxidation sites excluding steroid dienone is 2. The Kier molecular flexibility index (Phi) is 3.04. The number of nitrogens with one attached hydrogen (secondary N) is 1. The van der Waals surface area contributed by atoms with Crippen molar-refractivity contribution in [3.63, 3.8) is 0 Å². The number of halogens is 1. The first-order valence-electron chi connectivity index (χ1n) is 6.54. The highest BCUT2D eigenvalue weighted by Gasteiger charge is 2.51. The van der Waals surface area contributed by atoms with Gasteiger partial charge in [0.25, 0.3) is 0 Å². The summed E-state index contributed by atoms with van der Waals surface area (Å²) in [5, 5.41) is 11.8. The van der Waals surface area contributed by atoms with E-state index in [2.05, 4.69) is 5.32 Å². The van der Waals surface area contributed by atoms with Crippen LogP contribution in [0.4, 0.5) is 10.1 Å². The number of carbonyl (C=O) groups is 2. The van der Waals surface area contributed by atoms with Crippen molar-refractivity contribution < 1.29 is 19.1 Å². The van der Waals surface area contributed by atoms with Crippen LogP contribution in [0.3, 0.4) is 0 Å². The summed E-state index contributed by atoms with van der Waals surface area (Å²) in [6, 6.07) is 5.87. The Morgan fingerprint density at radius 1 is 1.15 bits per heavy atom. The van der Waals surface area contributed by atoms with Crippen LogP contribution in [0, 0.1) is 29.5 Å². The Labute approximate surface area is 115 Å². The van der Waals surface area contributed by atoms with Crippen LogP contribution in [-0.2, 0) is 9.59 Å². The summed E-state index contributed by atoms with van der Waals surface area (Å²) < 4.78 is 13.5. The maximum atomic E-state index is 13.5. The minimum atomic E-state index is -0.962. The normalized spacial score (nSPS) is 30.4. The molecule has 2 aliphatic carbocycles. The summed E-state index contributed by atoms with van der Waals surface area (Å²) >= 11 is 0. The Hall–Kier alpha value is -2.17. The summed E-state index contributed by atoms with van der Waals surface area (Å²) in [5.74, 6) is -3.39. The second-order valence-electron chi connectivity index (χ2n) is 5.31. The largest absolute Gasteiger partial charge is 0.481 e. The Morgan fingerprint density at radius 3 is 2.45 bits per heavy atom. The van der Waals surface area contributed by atoms with Crippen molar-refractivity contribution >= 4 is 17.6 Å². The van der Waals surface area contributed by atoms with Crippen molar-refractivity contribution in [3.8, 4) is 0 Å². The fourth-order valence-electron chi connectivity index (χ4n) is 3.29. The first-order valence-corrected chi connectivity index (χ1v) is 6.54. The fourth-order valence-corrected chi connectivity index (χ4v) is 3.29. The number of para-hydroxylation sites is 1. The lowest BCUT2D eigenvalue weighted by Gasteiger charge is -2.23. The van der Waals surface area contributed by atoms with Gasteiger partial charge < -0.3 is 10.4 Å². The lowest BCUT2D eigenvalue weighted by molar-refractivity contribution is -0.146. The molecule has 1 aromatic rings. The zero-order valence-electron chi connectivity index (χ0n) is 10.6. The Morgan fingerprint density at radius 2 is 1.80 bits per heavy atom. The number of anilines is 1. The fraction of sp³-hybridized carbons (Fsp3) is 0.333. The number of benzene rings is 1. The van der Waals surface area contributed by atoms with Crippen LogP contribution in [0.2, 0.25) is 0 Å². The van der Waals surface area contributed by atoms with Gasteiger partial charge in [0.05, 0.1) is 17.5 Å². The number of amides is 1. The van der Waals surface area contributed by atoms with Gasteiger partial charge in [-0.05, 0) is 30.4 Å². The van der Waals surface area contributed by atoms with E-state index >= 15 is 0 Å². The van der Waals surface area contributed by atoms with Gasteiger partial charge in [-0.2, -0.15) is 0 Å². The van der Waals surface area contributed by atoms with E-state index < -0.39 is 29.5 Å². The Balaban J connectivity index is 1.82. The number of hydrogen-bond acceptors (Lipinski definition) is 2. The molecular formula is C15H14FNO3. The van der Waals surface area contributed by atoms with Crippen molar-refractivity contribution in [3.05, 3.63) is 42.2 Å². The molecule has 1 aromatic carbocycles. The average Bonchev–Trinajstić information content (AvgIpc) is 3.01. The molecule has 20 heavy (non-hydrogen) atoms. The molecule has 4 nitrogen and oxygen atoms in total. The minimum Gasteiger partial charge on any atom is -0.481 e. The van der Waals surface area contributed by atoms with Crippen LogP contribution >= 0.6 is 0 Å². The standard InChI is InChI=1S/C15H14FNO3/c16-10-3-1-2-4-11(10)17-14(18)12-8-5-6-9(7-8)13(12)15(19)20/h1-6,8-9,12-13H,7H2,(H,17,18)(H,19,20)/t8-,9+,12-,13-/m1/s1. The maximum Gasteiger partial charge on any atom is 0.307 e. The quantitative estimate of drug-likeness (QED) is 0.832. The van der Waals surface area contributed by atoms with Gasteiger partial charge in [0, 0.05) is 0 Å². The second kappa shape index (κ2) is 4.74. The number of hydrogen-bond donors (Lipinski definition) is 2. The summed E-state index contributed by atoms with van der Waals surface area (Å²) in [6.07, 6.45) is 4.46. The maximum absolute atomic E-state index is 13.5. The smallest absolute Gasteiger partial charge is 0.307 e. The van der Waals surface area contributed by atoms with Gasteiger partial charge in [0.15, 0.2) is 0 Å². The lowest BCUT2D eigenvalue weighted by atomic mass is 9.82. The van der Waals surface area contributed by atoms with Crippen LogP contribution in [0.15, 0.2) is 36.4 Å². The van der Waals surface area contributed by atoms with Crippen molar-refractivity contribution in [2.75, 3.05) is 5.32 Å². The van der Waals surface area contributed by atoms with Crippen LogP contribution in [0.25, 0.3) is 0 Å². The molecule has 0 aromatic heterocycles. The first kappa shape index (κ1) is 12.8. The Bertz CT molecular complexity index is 599. The van der Waals surface area contributed by atoms with Crippen LogP contribution in [0.5, 0.6) is 0 Å². The molecule has 0 saturated heterocycles. The predicted molar refractivity (Wildman–Crippen MR) is 70.4 cm³/mol. The van der Waals surface area contributed by atoms with Crippen LogP contribution in [0.1, 0.15) is 6.42 Å². The molecule has 2 N–H and O–H groups in total. The number of carboxylic acids is 1. The number of carbonyl (C=O) groups excluding carboxylic acids is 1. The predicted octanol–water partition coefficient (Wildman–Crippen LogP) is 2.29. The van der Waals surface area contributed by atoms with Gasteiger partial charge in [-0.15, -0.1) is 0 Å². The average molecular weight is 275 g/mol. The third-order valence-electron chi connectivity index (χ3n) is 4.18. The number of fused-ring (bicyclic) bond motifs is 2. The van der Waals surface area contributed by atoms with Crippen molar-refractivity contribution in [2.45, 2.75) is 6.42 Å². The molecule has 2 aliphatic rings. The van der Waals surface area contributed by atoms with Gasteiger partial charge in [-0.3, -0.25) is 9.59 Å². The van der Waals surface area contributed by atoms with Gasteiger partial charge >= 0.3 is 5.97 Å². The van der Waals surface area contributed by atoms with E-state index in [0.717, 1.165) is 0 Å². The zero-order chi connectivity index (χ0) is 14.3. The molecule has 104 valence electrons. The van der Waals surface area contributed by atoms with E-state index in [1.807, 2.05) is 12.2 Å². The number of carboxylic acid groups (broad SMARTS) is 1. The molecule has 2 bridgehead atoms. The van der Waals surface area contributed by atoms with E-state index in [4.69, 9.17) is 0 Å². The van der Waals surface area contributed by atoms with E-state index in [1.165, 1.54) is 18.2 Å². The molecule has 1 fully saturated rings. The highest BCUT2D eigenvalue weighted by molar-refractivity contribution is 5.96. The highest BCUT2D eigenvalue weighted by atomic mass is 19.1. The molecule has 1 saturated carbocycles. The molecule has 0 unspecified atom stereocenters. The number of rotatable bonds is 3. The molecule has 4 atom stereocenters. The van der Waals surface area contributed by atoms with Crippen molar-refractivity contribution in [1.82, 2.24) is 0 Å². The topological polar surface area (TPSA) is 66.4 Å². The van der Waals surface area contributed by atoms with Crippen LogP contribution in [-0.4, -0.2) is 17.0 Å². The molecule has 5 heteroatoms. The molecule has 0 spiro atoms. The molecule has 1 amide bonds. The van der Waals surface area contributed by atoms with Gasteiger partial charge in [0.2, 0.25) is 5.91 Å². The summed E-state index contributed by atoms with van der Waals surface area (Å²) in [4.78, 5) is 23.6. The molecule has 0 aliphatic heterocycles. The van der Waals surface area contributed by atoms with E-state index in [-0.39, 0.29) is 17.5 Å². The van der Waals surface area contributed by atoms with Gasteiger partial charge in [-0.1, -0.05) is 24.3 Å². The first-order chi connectivity index (χ1) is 9.58. The molecule has 0 heterocycles. The third-order valence-corrected chi connectivity index (χ3v) is 4.18. The van der Waals surface area contributed by atoms with Crippen molar-refractivity contribution in [2.24, 2.45) is 23.7 Å². The van der Waals surface area contributed by atoms with E-state index in [0.29, 0.717) is 6.42 Å². The van der Waals surface area contributed by atoms with E-state index in [9.17, 15) is 19.1 Å². The van der Waals surface area contributed by atoms with Crippen molar-refractivity contribution in [1.29, 1.82) is 0 Å². The van der Waals surface area contributed by atoms with Crippen LogP contribution < -0.4 is 5.32 Å². The number of aliphatic carboxylic acids is 1. The molecular weight excluding hydrogens is 261 g/mol. The summed E-state index contributed by atoms with van der Waals surface area (Å²) in [5.41, 5.74) is 0.0911. The monoisotopic (exact) mass is 275 g/mol. The minimum absolute atomic E-state index is 0.0622. The summed E-state index contributed by atoms with van der Waals surface area (Å²) in [6.45, 7) is 0. The second-order valence-corrected chi connectivity index (χ2v) is 5.31.